The van der Waals surface area contributed by atoms with Crippen molar-refractivity contribution >= 4 is 0 Å². The largest absolute Gasteiger partial charge is 0.496 e. The second-order valence-corrected chi connectivity index (χ2v) is 6.01. The van der Waals surface area contributed by atoms with Crippen LogP contribution in [0.1, 0.15) is 63.0 Å². The number of hydrogen-bond donors (Lipinski definition) is 1. The summed E-state index contributed by atoms with van der Waals surface area (Å²) in [5, 5.41) is 3.59. The van der Waals surface area contributed by atoms with Gasteiger partial charge >= 0.3 is 0 Å². The van der Waals surface area contributed by atoms with E-state index in [1.165, 1.54) is 43.2 Å². The second kappa shape index (κ2) is 5.96. The molecule has 0 atom stereocenters. The lowest BCUT2D eigenvalue weighted by Gasteiger charge is -2.39. The first-order valence-electron chi connectivity index (χ1n) is 7.50. The van der Waals surface area contributed by atoms with Gasteiger partial charge in [-0.1, -0.05) is 39.2 Å². The van der Waals surface area contributed by atoms with Crippen molar-refractivity contribution < 1.29 is 4.74 Å². The molecule has 1 N–H and O–H groups in total. The molecule has 1 aromatic rings. The lowest BCUT2D eigenvalue weighted by atomic mass is 9.75. The monoisotopic (exact) mass is 261 g/mol. The quantitative estimate of drug-likeness (QED) is 0.877. The first-order valence-corrected chi connectivity index (χ1v) is 7.50. The number of hydrogen-bond acceptors (Lipinski definition) is 2. The third-order valence-electron chi connectivity index (χ3n) is 4.59. The fourth-order valence-corrected chi connectivity index (χ4v) is 3.27. The SMILES string of the molecule is CNC1(c2cc(C(C)C)ccc2OC)CCCCC1. The second-order valence-electron chi connectivity index (χ2n) is 6.01. The predicted octanol–water partition coefficient (Wildman–Crippen LogP) is 4.20. The van der Waals surface area contributed by atoms with E-state index in [4.69, 9.17) is 4.74 Å². The van der Waals surface area contributed by atoms with Crippen molar-refractivity contribution in [2.45, 2.75) is 57.4 Å². The maximum atomic E-state index is 5.62. The number of ether oxygens (including phenoxy) is 1. The van der Waals surface area contributed by atoms with Gasteiger partial charge in [-0.3, -0.25) is 0 Å². The molecule has 2 heteroatoms. The number of methoxy groups -OCH3 is 1. The lowest BCUT2D eigenvalue weighted by Crippen LogP contribution is -2.42. The summed E-state index contributed by atoms with van der Waals surface area (Å²) in [6.45, 7) is 4.50. The Labute approximate surface area is 117 Å². The first-order chi connectivity index (χ1) is 9.13. The zero-order chi connectivity index (χ0) is 13.9. The molecule has 1 aromatic carbocycles. The Morgan fingerprint density at radius 3 is 2.37 bits per heavy atom. The van der Waals surface area contributed by atoms with Crippen LogP contribution in [0.4, 0.5) is 0 Å². The molecule has 19 heavy (non-hydrogen) atoms. The van der Waals surface area contributed by atoms with Gasteiger partial charge in [-0.05, 0) is 43.5 Å². The van der Waals surface area contributed by atoms with Gasteiger partial charge in [0.2, 0.25) is 0 Å². The van der Waals surface area contributed by atoms with Crippen molar-refractivity contribution in [2.24, 2.45) is 0 Å². The van der Waals surface area contributed by atoms with Gasteiger partial charge in [0.15, 0.2) is 0 Å². The molecule has 0 aromatic heterocycles. The predicted molar refractivity (Wildman–Crippen MR) is 80.9 cm³/mol. The third kappa shape index (κ3) is 2.79. The van der Waals surface area contributed by atoms with Gasteiger partial charge in [-0.15, -0.1) is 0 Å². The molecule has 0 amide bonds. The van der Waals surface area contributed by atoms with Crippen LogP contribution in [-0.4, -0.2) is 14.2 Å². The van der Waals surface area contributed by atoms with Gasteiger partial charge in [-0.2, -0.15) is 0 Å². The Morgan fingerprint density at radius 2 is 1.84 bits per heavy atom. The summed E-state index contributed by atoms with van der Waals surface area (Å²) >= 11 is 0. The van der Waals surface area contributed by atoms with Crippen molar-refractivity contribution in [1.82, 2.24) is 5.32 Å². The smallest absolute Gasteiger partial charge is 0.123 e. The van der Waals surface area contributed by atoms with Gasteiger partial charge in [0.1, 0.15) is 5.75 Å². The highest BCUT2D eigenvalue weighted by atomic mass is 16.5. The van der Waals surface area contributed by atoms with Crippen LogP contribution in [0, 0.1) is 0 Å². The molecule has 0 bridgehead atoms. The molecular weight excluding hydrogens is 234 g/mol. The molecule has 1 aliphatic carbocycles. The minimum atomic E-state index is 0.106. The van der Waals surface area contributed by atoms with Crippen LogP contribution in [0.15, 0.2) is 18.2 Å². The summed E-state index contributed by atoms with van der Waals surface area (Å²) < 4.78 is 5.62. The van der Waals surface area contributed by atoms with E-state index >= 15 is 0 Å². The number of benzene rings is 1. The van der Waals surface area contributed by atoms with Gasteiger partial charge < -0.3 is 10.1 Å². The molecule has 1 fully saturated rings. The van der Waals surface area contributed by atoms with E-state index in [9.17, 15) is 0 Å². The van der Waals surface area contributed by atoms with Crippen LogP contribution < -0.4 is 10.1 Å². The van der Waals surface area contributed by atoms with Gasteiger partial charge in [0.25, 0.3) is 0 Å². The first kappa shape index (κ1) is 14.4. The molecular formula is C17H27NO. The van der Waals surface area contributed by atoms with Crippen molar-refractivity contribution in [3.63, 3.8) is 0 Å². The van der Waals surface area contributed by atoms with Gasteiger partial charge in [-0.25, -0.2) is 0 Å². The van der Waals surface area contributed by atoms with E-state index in [-0.39, 0.29) is 5.54 Å². The summed E-state index contributed by atoms with van der Waals surface area (Å²) in [6, 6.07) is 6.68. The van der Waals surface area contributed by atoms with Gasteiger partial charge in [0.05, 0.1) is 7.11 Å². The lowest BCUT2D eigenvalue weighted by molar-refractivity contribution is 0.241. The van der Waals surface area contributed by atoms with Crippen molar-refractivity contribution in [3.05, 3.63) is 29.3 Å². The van der Waals surface area contributed by atoms with Gasteiger partial charge in [0, 0.05) is 11.1 Å². The molecule has 1 saturated carbocycles. The Bertz CT molecular complexity index is 419. The highest BCUT2D eigenvalue weighted by Gasteiger charge is 2.34. The van der Waals surface area contributed by atoms with E-state index in [0.29, 0.717) is 5.92 Å². The van der Waals surface area contributed by atoms with Crippen molar-refractivity contribution in [3.8, 4) is 5.75 Å². The van der Waals surface area contributed by atoms with Crippen LogP contribution >= 0.6 is 0 Å². The van der Waals surface area contributed by atoms with Crippen LogP contribution in [0.25, 0.3) is 0 Å². The molecule has 0 radical (unpaired) electrons. The standard InChI is InChI=1S/C17H27NO/c1-13(2)14-8-9-16(19-4)15(12-14)17(18-3)10-6-5-7-11-17/h8-9,12-13,18H,5-7,10-11H2,1-4H3. The Hall–Kier alpha value is -1.02. The van der Waals surface area contributed by atoms with Crippen molar-refractivity contribution in [2.75, 3.05) is 14.2 Å². The topological polar surface area (TPSA) is 21.3 Å². The molecule has 0 aliphatic heterocycles. The van der Waals surface area contributed by atoms with Crippen LogP contribution in [0.3, 0.4) is 0 Å². The zero-order valence-electron chi connectivity index (χ0n) is 12.8. The highest BCUT2D eigenvalue weighted by molar-refractivity contribution is 5.43. The van der Waals surface area contributed by atoms with Crippen LogP contribution in [0.5, 0.6) is 5.75 Å². The number of rotatable bonds is 4. The highest BCUT2D eigenvalue weighted by Crippen LogP contribution is 2.42. The summed E-state index contributed by atoms with van der Waals surface area (Å²) in [7, 11) is 3.87. The third-order valence-corrected chi connectivity index (χ3v) is 4.59. The fourth-order valence-electron chi connectivity index (χ4n) is 3.27. The summed E-state index contributed by atoms with van der Waals surface area (Å²) in [4.78, 5) is 0. The average Bonchev–Trinajstić information content (AvgIpc) is 2.47. The molecule has 0 spiro atoms. The van der Waals surface area contributed by atoms with E-state index in [0.717, 1.165) is 5.75 Å². The Balaban J connectivity index is 2.47. The molecule has 0 heterocycles. The normalized spacial score (nSPS) is 18.6. The minimum Gasteiger partial charge on any atom is -0.496 e. The summed E-state index contributed by atoms with van der Waals surface area (Å²) in [6.07, 6.45) is 6.38. The molecule has 0 saturated heterocycles. The summed E-state index contributed by atoms with van der Waals surface area (Å²) in [5.74, 6) is 1.59. The Morgan fingerprint density at radius 1 is 1.16 bits per heavy atom. The molecule has 0 unspecified atom stereocenters. The Kier molecular flexibility index (Phi) is 4.51. The zero-order valence-corrected chi connectivity index (χ0v) is 12.8. The van der Waals surface area contributed by atoms with Crippen molar-refractivity contribution in [1.29, 1.82) is 0 Å². The maximum absolute atomic E-state index is 5.62. The van der Waals surface area contributed by atoms with E-state index < -0.39 is 0 Å². The summed E-state index contributed by atoms with van der Waals surface area (Å²) in [5.41, 5.74) is 2.86. The van der Waals surface area contributed by atoms with Crippen LogP contribution in [-0.2, 0) is 5.54 Å². The van der Waals surface area contributed by atoms with E-state index in [1.807, 2.05) is 0 Å². The number of nitrogens with one attached hydrogen (secondary N) is 1. The minimum absolute atomic E-state index is 0.106. The molecule has 2 rings (SSSR count). The molecule has 1 aliphatic rings. The molecule has 2 nitrogen and oxygen atoms in total. The van der Waals surface area contributed by atoms with E-state index in [2.05, 4.69) is 44.4 Å². The van der Waals surface area contributed by atoms with E-state index in [1.54, 1.807) is 7.11 Å². The molecule has 106 valence electrons. The maximum Gasteiger partial charge on any atom is 0.123 e. The van der Waals surface area contributed by atoms with Crippen LogP contribution in [0.2, 0.25) is 0 Å². The fraction of sp³-hybridized carbons (Fsp3) is 0.647. The average molecular weight is 261 g/mol.